The first-order chi connectivity index (χ1) is 5.24. The lowest BCUT2D eigenvalue weighted by atomic mass is 10.1. The highest BCUT2D eigenvalue weighted by Crippen LogP contribution is 2.03. The van der Waals surface area contributed by atoms with Crippen molar-refractivity contribution in [1.82, 2.24) is 5.32 Å². The zero-order valence-corrected chi connectivity index (χ0v) is 8.02. The summed E-state index contributed by atoms with van der Waals surface area (Å²) < 4.78 is 0. The van der Waals surface area contributed by atoms with Gasteiger partial charge in [0.15, 0.2) is 0 Å². The molecule has 0 fully saturated rings. The minimum atomic E-state index is 0.473. The van der Waals surface area contributed by atoms with Crippen molar-refractivity contribution in [2.45, 2.75) is 33.2 Å². The predicted octanol–water partition coefficient (Wildman–Crippen LogP) is 2.51. The third kappa shape index (κ3) is 4.79. The SMILES string of the molecule is C/C=C\C(=C/C(C)NC)CC. The van der Waals surface area contributed by atoms with E-state index in [-0.39, 0.29) is 0 Å². The molecule has 0 aromatic rings. The average Bonchev–Trinajstić information content (AvgIpc) is 2.03. The maximum atomic E-state index is 3.18. The number of hydrogen-bond acceptors (Lipinski definition) is 1. The van der Waals surface area contributed by atoms with Gasteiger partial charge in [0.05, 0.1) is 0 Å². The van der Waals surface area contributed by atoms with E-state index in [1.807, 2.05) is 14.0 Å². The summed E-state index contributed by atoms with van der Waals surface area (Å²) in [7, 11) is 1.98. The molecule has 1 nitrogen and oxygen atoms in total. The van der Waals surface area contributed by atoms with E-state index in [1.54, 1.807) is 0 Å². The van der Waals surface area contributed by atoms with Gasteiger partial charge in [0.2, 0.25) is 0 Å². The number of nitrogens with one attached hydrogen (secondary N) is 1. The highest BCUT2D eigenvalue weighted by atomic mass is 14.8. The minimum Gasteiger partial charge on any atom is -0.314 e. The third-order valence-corrected chi connectivity index (χ3v) is 1.71. The molecule has 0 saturated carbocycles. The summed E-state index contributed by atoms with van der Waals surface area (Å²) in [6.45, 7) is 6.38. The lowest BCUT2D eigenvalue weighted by Gasteiger charge is -2.05. The second-order valence-corrected chi connectivity index (χ2v) is 2.67. The van der Waals surface area contributed by atoms with Crippen LogP contribution in [0.5, 0.6) is 0 Å². The quantitative estimate of drug-likeness (QED) is 0.612. The van der Waals surface area contributed by atoms with E-state index in [9.17, 15) is 0 Å². The number of rotatable bonds is 4. The Morgan fingerprint density at radius 3 is 2.55 bits per heavy atom. The summed E-state index contributed by atoms with van der Waals surface area (Å²) in [4.78, 5) is 0. The highest BCUT2D eigenvalue weighted by Gasteiger charge is 1.93. The summed E-state index contributed by atoms with van der Waals surface area (Å²) in [6, 6.07) is 0.473. The molecule has 0 radical (unpaired) electrons. The van der Waals surface area contributed by atoms with E-state index >= 15 is 0 Å². The van der Waals surface area contributed by atoms with Crippen LogP contribution in [0.2, 0.25) is 0 Å². The van der Waals surface area contributed by atoms with Crippen LogP contribution in [0.3, 0.4) is 0 Å². The van der Waals surface area contributed by atoms with E-state index in [2.05, 4.69) is 37.4 Å². The second kappa shape index (κ2) is 6.17. The van der Waals surface area contributed by atoms with E-state index < -0.39 is 0 Å². The van der Waals surface area contributed by atoms with Gasteiger partial charge >= 0.3 is 0 Å². The molecule has 0 rings (SSSR count). The molecular formula is C10H19N. The molecule has 0 spiro atoms. The Morgan fingerprint density at radius 1 is 1.55 bits per heavy atom. The van der Waals surface area contributed by atoms with Gasteiger partial charge < -0.3 is 5.32 Å². The van der Waals surface area contributed by atoms with Crippen LogP contribution in [0.15, 0.2) is 23.8 Å². The van der Waals surface area contributed by atoms with E-state index in [1.165, 1.54) is 5.57 Å². The molecule has 1 atom stereocenters. The summed E-state index contributed by atoms with van der Waals surface area (Å²) in [6.07, 6.45) is 7.60. The molecule has 1 heteroatoms. The van der Waals surface area contributed by atoms with Crippen LogP contribution >= 0.6 is 0 Å². The Balaban J connectivity index is 4.10. The molecule has 11 heavy (non-hydrogen) atoms. The molecule has 64 valence electrons. The maximum absolute atomic E-state index is 3.18. The Hall–Kier alpha value is -0.560. The van der Waals surface area contributed by atoms with Gasteiger partial charge in [-0.3, -0.25) is 0 Å². The van der Waals surface area contributed by atoms with Crippen LogP contribution in [-0.2, 0) is 0 Å². The van der Waals surface area contributed by atoms with Crippen molar-refractivity contribution in [1.29, 1.82) is 0 Å². The predicted molar refractivity (Wildman–Crippen MR) is 51.7 cm³/mol. The molecule has 0 aromatic heterocycles. The topological polar surface area (TPSA) is 12.0 Å². The first-order valence-corrected chi connectivity index (χ1v) is 4.25. The fourth-order valence-corrected chi connectivity index (χ4v) is 0.910. The summed E-state index contributed by atoms with van der Waals surface area (Å²) in [5, 5.41) is 3.18. The Labute approximate surface area is 70.2 Å². The Kier molecular flexibility index (Phi) is 5.86. The van der Waals surface area contributed by atoms with Crippen LogP contribution in [0.1, 0.15) is 27.2 Å². The average molecular weight is 153 g/mol. The number of likely N-dealkylation sites (N-methyl/N-ethyl adjacent to an activating group) is 1. The van der Waals surface area contributed by atoms with Crippen molar-refractivity contribution in [2.75, 3.05) is 7.05 Å². The van der Waals surface area contributed by atoms with Crippen LogP contribution in [0.4, 0.5) is 0 Å². The highest BCUT2D eigenvalue weighted by molar-refractivity contribution is 5.19. The van der Waals surface area contributed by atoms with Gasteiger partial charge in [-0.1, -0.05) is 30.7 Å². The van der Waals surface area contributed by atoms with Gasteiger partial charge in [0, 0.05) is 6.04 Å². The van der Waals surface area contributed by atoms with Crippen molar-refractivity contribution in [3.8, 4) is 0 Å². The van der Waals surface area contributed by atoms with Gasteiger partial charge in [-0.05, 0) is 27.3 Å². The Morgan fingerprint density at radius 2 is 2.18 bits per heavy atom. The molecule has 0 aliphatic carbocycles. The van der Waals surface area contributed by atoms with Gasteiger partial charge in [0.1, 0.15) is 0 Å². The number of hydrogen-bond donors (Lipinski definition) is 1. The lowest BCUT2D eigenvalue weighted by Crippen LogP contribution is -2.18. The molecule has 1 N–H and O–H groups in total. The third-order valence-electron chi connectivity index (χ3n) is 1.71. The van der Waals surface area contributed by atoms with Gasteiger partial charge in [-0.2, -0.15) is 0 Å². The van der Waals surface area contributed by atoms with E-state index in [4.69, 9.17) is 0 Å². The summed E-state index contributed by atoms with van der Waals surface area (Å²) in [5.41, 5.74) is 1.40. The molecule has 0 heterocycles. The second-order valence-electron chi connectivity index (χ2n) is 2.67. The fourth-order valence-electron chi connectivity index (χ4n) is 0.910. The molecule has 0 amide bonds. The normalized spacial score (nSPS) is 15.8. The lowest BCUT2D eigenvalue weighted by molar-refractivity contribution is 0.723. The molecule has 0 aromatic carbocycles. The monoisotopic (exact) mass is 153 g/mol. The number of allylic oxidation sites excluding steroid dienone is 3. The zero-order valence-electron chi connectivity index (χ0n) is 8.02. The van der Waals surface area contributed by atoms with E-state index in [0.29, 0.717) is 6.04 Å². The van der Waals surface area contributed by atoms with Crippen LogP contribution in [0, 0.1) is 0 Å². The van der Waals surface area contributed by atoms with Crippen LogP contribution in [-0.4, -0.2) is 13.1 Å². The smallest absolute Gasteiger partial charge is 0.0224 e. The van der Waals surface area contributed by atoms with Gasteiger partial charge in [-0.25, -0.2) is 0 Å². The van der Waals surface area contributed by atoms with Crippen molar-refractivity contribution in [3.05, 3.63) is 23.8 Å². The molecule has 1 unspecified atom stereocenters. The van der Waals surface area contributed by atoms with Crippen molar-refractivity contribution >= 4 is 0 Å². The van der Waals surface area contributed by atoms with Gasteiger partial charge in [0.25, 0.3) is 0 Å². The molecule has 0 bridgehead atoms. The van der Waals surface area contributed by atoms with Crippen molar-refractivity contribution in [3.63, 3.8) is 0 Å². The van der Waals surface area contributed by atoms with Crippen molar-refractivity contribution < 1.29 is 0 Å². The standard InChI is InChI=1S/C10H19N/c1-5-7-10(6-2)8-9(3)11-4/h5,7-9,11H,6H2,1-4H3/b7-5-,10-8-. The first-order valence-electron chi connectivity index (χ1n) is 4.25. The van der Waals surface area contributed by atoms with Crippen LogP contribution < -0.4 is 5.32 Å². The maximum Gasteiger partial charge on any atom is 0.0224 e. The first kappa shape index (κ1) is 10.4. The summed E-state index contributed by atoms with van der Waals surface area (Å²) >= 11 is 0. The largest absolute Gasteiger partial charge is 0.314 e. The van der Waals surface area contributed by atoms with Crippen molar-refractivity contribution in [2.24, 2.45) is 0 Å². The fraction of sp³-hybridized carbons (Fsp3) is 0.600. The summed E-state index contributed by atoms with van der Waals surface area (Å²) in [5.74, 6) is 0. The molecule has 0 aliphatic heterocycles. The Bertz CT molecular complexity index is 145. The molecular weight excluding hydrogens is 134 g/mol. The minimum absolute atomic E-state index is 0.473. The zero-order chi connectivity index (χ0) is 8.69. The van der Waals surface area contributed by atoms with Crippen LogP contribution in [0.25, 0.3) is 0 Å². The molecule has 0 saturated heterocycles. The van der Waals surface area contributed by atoms with Gasteiger partial charge in [-0.15, -0.1) is 0 Å². The van der Waals surface area contributed by atoms with E-state index in [0.717, 1.165) is 6.42 Å². The molecule has 0 aliphatic rings.